The maximum Gasteiger partial charge on any atom is 0.175 e. The fraction of sp³-hybridized carbons (Fsp3) is 0.417. The Labute approximate surface area is 103 Å². The first-order chi connectivity index (χ1) is 7.67. The zero-order valence-corrected chi connectivity index (χ0v) is 10.9. The van der Waals surface area contributed by atoms with Crippen molar-refractivity contribution in [2.75, 3.05) is 14.2 Å². The second-order valence-electron chi connectivity index (χ2n) is 3.78. The van der Waals surface area contributed by atoms with Gasteiger partial charge in [0.1, 0.15) is 5.78 Å². The first-order valence-electron chi connectivity index (χ1n) is 5.11. The Morgan fingerprint density at radius 3 is 2.62 bits per heavy atom. The summed E-state index contributed by atoms with van der Waals surface area (Å²) in [6, 6.07) is 1.96. The number of halogens is 1. The van der Waals surface area contributed by atoms with Crippen LogP contribution in [0.5, 0.6) is 11.5 Å². The fourth-order valence-corrected chi connectivity index (χ4v) is 2.76. The molecule has 0 saturated carbocycles. The smallest absolute Gasteiger partial charge is 0.175 e. The molecule has 0 radical (unpaired) electrons. The van der Waals surface area contributed by atoms with Gasteiger partial charge < -0.3 is 9.47 Å². The third kappa shape index (κ3) is 1.82. The number of hydrogen-bond donors (Lipinski definition) is 0. The summed E-state index contributed by atoms with van der Waals surface area (Å²) >= 11 is 3.49. The van der Waals surface area contributed by atoms with E-state index in [1.54, 1.807) is 14.2 Å². The van der Waals surface area contributed by atoms with Crippen molar-refractivity contribution in [1.29, 1.82) is 0 Å². The highest BCUT2D eigenvalue weighted by Gasteiger charge is 2.23. The Balaban J connectivity index is 2.58. The van der Waals surface area contributed by atoms with Gasteiger partial charge in [0.05, 0.1) is 18.7 Å². The molecule has 0 unspecified atom stereocenters. The second-order valence-corrected chi connectivity index (χ2v) is 4.57. The summed E-state index contributed by atoms with van der Waals surface area (Å²) in [4.78, 5) is 11.4. The van der Waals surface area contributed by atoms with Gasteiger partial charge in [-0.25, -0.2) is 0 Å². The Hall–Kier alpha value is -1.03. The average Bonchev–Trinajstić information content (AvgIpc) is 2.29. The van der Waals surface area contributed by atoms with Crippen LogP contribution in [-0.4, -0.2) is 20.0 Å². The van der Waals surface area contributed by atoms with Crippen molar-refractivity contribution in [2.45, 2.75) is 19.3 Å². The lowest BCUT2D eigenvalue weighted by Gasteiger charge is -2.20. The normalized spacial score (nSPS) is 14.6. The Bertz CT molecular complexity index is 440. The van der Waals surface area contributed by atoms with Crippen molar-refractivity contribution >= 4 is 21.7 Å². The SMILES string of the molecule is COc1cc2c(c(Br)c1OC)CC(=O)CC2. The number of Topliss-reactive ketones (excluding diaryl/α,β-unsaturated/α-hetero) is 1. The van der Waals surface area contributed by atoms with Crippen LogP contribution in [0.4, 0.5) is 0 Å². The molecule has 0 spiro atoms. The van der Waals surface area contributed by atoms with Gasteiger partial charge in [0.25, 0.3) is 0 Å². The van der Waals surface area contributed by atoms with Gasteiger partial charge in [-0.05, 0) is 39.5 Å². The number of rotatable bonds is 2. The van der Waals surface area contributed by atoms with Crippen LogP contribution in [0.1, 0.15) is 17.5 Å². The van der Waals surface area contributed by atoms with Gasteiger partial charge >= 0.3 is 0 Å². The third-order valence-electron chi connectivity index (χ3n) is 2.85. The quantitative estimate of drug-likeness (QED) is 0.837. The molecule has 0 fully saturated rings. The minimum atomic E-state index is 0.278. The van der Waals surface area contributed by atoms with E-state index < -0.39 is 0 Å². The molecular weight excluding hydrogens is 272 g/mol. The monoisotopic (exact) mass is 284 g/mol. The number of carbonyl (C=O) groups excluding carboxylic acids is 1. The highest BCUT2D eigenvalue weighted by Crippen LogP contribution is 2.41. The topological polar surface area (TPSA) is 35.5 Å². The number of ketones is 1. The Morgan fingerprint density at radius 1 is 1.25 bits per heavy atom. The van der Waals surface area contributed by atoms with Gasteiger partial charge in [0.2, 0.25) is 0 Å². The molecule has 1 aliphatic carbocycles. The lowest BCUT2D eigenvalue weighted by molar-refractivity contribution is -0.118. The maximum absolute atomic E-state index is 11.4. The Morgan fingerprint density at radius 2 is 2.00 bits per heavy atom. The number of carbonyl (C=O) groups is 1. The molecule has 0 N–H and O–H groups in total. The molecule has 0 saturated heterocycles. The molecule has 0 aliphatic heterocycles. The van der Waals surface area contributed by atoms with E-state index in [2.05, 4.69) is 15.9 Å². The summed E-state index contributed by atoms with van der Waals surface area (Å²) in [6.45, 7) is 0. The molecule has 4 heteroatoms. The standard InChI is InChI=1S/C12H13BrO3/c1-15-10-5-7-3-4-8(14)6-9(7)11(13)12(10)16-2/h5H,3-4,6H2,1-2H3. The first-order valence-corrected chi connectivity index (χ1v) is 5.90. The summed E-state index contributed by atoms with van der Waals surface area (Å²) in [7, 11) is 3.21. The summed E-state index contributed by atoms with van der Waals surface area (Å²) < 4.78 is 11.4. The molecule has 0 amide bonds. The molecule has 1 aromatic carbocycles. The summed E-state index contributed by atoms with van der Waals surface area (Å²) in [5, 5.41) is 0. The second kappa shape index (κ2) is 4.45. The maximum atomic E-state index is 11.4. The molecule has 86 valence electrons. The molecule has 3 nitrogen and oxygen atoms in total. The minimum Gasteiger partial charge on any atom is -0.493 e. The number of hydrogen-bond acceptors (Lipinski definition) is 3. The number of fused-ring (bicyclic) bond motifs is 1. The number of aryl methyl sites for hydroxylation is 1. The largest absolute Gasteiger partial charge is 0.493 e. The number of ether oxygens (including phenoxy) is 2. The van der Waals surface area contributed by atoms with Gasteiger partial charge in [0, 0.05) is 12.8 Å². The number of methoxy groups -OCH3 is 2. The van der Waals surface area contributed by atoms with Crippen molar-refractivity contribution in [2.24, 2.45) is 0 Å². The van der Waals surface area contributed by atoms with Gasteiger partial charge in [-0.15, -0.1) is 0 Å². The van der Waals surface area contributed by atoms with Gasteiger partial charge in [-0.2, -0.15) is 0 Å². The molecule has 0 aromatic heterocycles. The predicted octanol–water partition coefficient (Wildman–Crippen LogP) is 2.52. The highest BCUT2D eigenvalue weighted by atomic mass is 79.9. The van der Waals surface area contributed by atoms with Crippen LogP contribution >= 0.6 is 15.9 Å². The van der Waals surface area contributed by atoms with E-state index in [0.717, 1.165) is 16.5 Å². The summed E-state index contributed by atoms with van der Waals surface area (Å²) in [5.74, 6) is 1.65. The van der Waals surface area contributed by atoms with Crippen LogP contribution in [0.3, 0.4) is 0 Å². The van der Waals surface area contributed by atoms with Crippen LogP contribution in [0.25, 0.3) is 0 Å². The molecular formula is C12H13BrO3. The van der Waals surface area contributed by atoms with Crippen molar-refractivity contribution < 1.29 is 14.3 Å². The van der Waals surface area contributed by atoms with E-state index in [4.69, 9.17) is 9.47 Å². The van der Waals surface area contributed by atoms with Gasteiger partial charge in [-0.1, -0.05) is 0 Å². The van der Waals surface area contributed by atoms with Crippen molar-refractivity contribution in [3.63, 3.8) is 0 Å². The molecule has 16 heavy (non-hydrogen) atoms. The van der Waals surface area contributed by atoms with E-state index >= 15 is 0 Å². The summed E-state index contributed by atoms with van der Waals surface area (Å²) in [5.41, 5.74) is 2.21. The number of benzene rings is 1. The molecule has 1 aliphatic rings. The molecule has 2 rings (SSSR count). The molecule has 0 heterocycles. The zero-order valence-electron chi connectivity index (χ0n) is 9.30. The molecule has 0 bridgehead atoms. The fourth-order valence-electron chi connectivity index (χ4n) is 2.01. The van der Waals surface area contributed by atoms with E-state index in [0.29, 0.717) is 24.3 Å². The van der Waals surface area contributed by atoms with Crippen LogP contribution in [0.2, 0.25) is 0 Å². The Kier molecular flexibility index (Phi) is 3.19. The zero-order chi connectivity index (χ0) is 11.7. The van der Waals surface area contributed by atoms with E-state index in [-0.39, 0.29) is 5.78 Å². The van der Waals surface area contributed by atoms with Crippen molar-refractivity contribution in [1.82, 2.24) is 0 Å². The van der Waals surface area contributed by atoms with Crippen LogP contribution < -0.4 is 9.47 Å². The highest BCUT2D eigenvalue weighted by molar-refractivity contribution is 9.10. The predicted molar refractivity (Wildman–Crippen MR) is 64.3 cm³/mol. The van der Waals surface area contributed by atoms with E-state index in [1.165, 1.54) is 5.56 Å². The average molecular weight is 285 g/mol. The first kappa shape index (κ1) is 11.5. The van der Waals surface area contributed by atoms with Gasteiger partial charge in [0.15, 0.2) is 11.5 Å². The summed E-state index contributed by atoms with van der Waals surface area (Å²) in [6.07, 6.45) is 1.89. The van der Waals surface area contributed by atoms with E-state index in [1.807, 2.05) is 6.07 Å². The minimum absolute atomic E-state index is 0.278. The van der Waals surface area contributed by atoms with E-state index in [9.17, 15) is 4.79 Å². The third-order valence-corrected chi connectivity index (χ3v) is 3.69. The lowest BCUT2D eigenvalue weighted by Crippen LogP contribution is -2.14. The van der Waals surface area contributed by atoms with Gasteiger partial charge in [-0.3, -0.25) is 4.79 Å². The molecule has 0 atom stereocenters. The van der Waals surface area contributed by atoms with Crippen LogP contribution in [0, 0.1) is 0 Å². The van der Waals surface area contributed by atoms with Crippen LogP contribution in [0.15, 0.2) is 10.5 Å². The molecule has 1 aromatic rings. The van der Waals surface area contributed by atoms with Crippen LogP contribution in [-0.2, 0) is 17.6 Å². The lowest BCUT2D eigenvalue weighted by atomic mass is 9.90. The van der Waals surface area contributed by atoms with Crippen molar-refractivity contribution in [3.8, 4) is 11.5 Å². The van der Waals surface area contributed by atoms with Crippen molar-refractivity contribution in [3.05, 3.63) is 21.7 Å².